The highest BCUT2D eigenvalue weighted by atomic mass is 79.9. The monoisotopic (exact) mass is 257 g/mol. The Morgan fingerprint density at radius 2 is 2.21 bits per heavy atom. The molecule has 0 aromatic heterocycles. The maximum Gasteiger partial charge on any atom is 0.0485 e. The maximum absolute atomic E-state index is 5.70. The Morgan fingerprint density at radius 1 is 1.50 bits per heavy atom. The third-order valence-corrected chi connectivity index (χ3v) is 2.64. The Kier molecular flexibility index (Phi) is 4.38. The van der Waals surface area contributed by atoms with E-state index in [1.807, 2.05) is 6.07 Å². The summed E-state index contributed by atoms with van der Waals surface area (Å²) in [5, 5.41) is 3.24. The fourth-order valence-corrected chi connectivity index (χ4v) is 1.72. The van der Waals surface area contributed by atoms with Gasteiger partial charge in [-0.3, -0.25) is 0 Å². The van der Waals surface area contributed by atoms with Crippen LogP contribution in [0.3, 0.4) is 0 Å². The first kappa shape index (κ1) is 11.5. The second kappa shape index (κ2) is 5.34. The lowest BCUT2D eigenvalue weighted by molar-refractivity contribution is 0.713. The molecule has 1 aromatic carbocycles. The minimum Gasteiger partial charge on any atom is -0.383 e. The Labute approximate surface area is 93.0 Å². The molecule has 14 heavy (non-hydrogen) atoms. The normalized spacial score (nSPS) is 12.6. The molecule has 1 atom stereocenters. The first-order valence-corrected chi connectivity index (χ1v) is 5.38. The quantitative estimate of drug-likeness (QED) is 0.766. The molecule has 0 radical (unpaired) electrons. The molecule has 0 heterocycles. The predicted molar refractivity (Wildman–Crippen MR) is 64.4 cm³/mol. The fraction of sp³-hybridized carbons (Fsp3) is 0.400. The highest BCUT2D eigenvalue weighted by molar-refractivity contribution is 9.10. The van der Waals surface area contributed by atoms with Gasteiger partial charge in [0.2, 0.25) is 0 Å². The van der Waals surface area contributed by atoms with Crippen LogP contribution < -0.4 is 16.8 Å². The van der Waals surface area contributed by atoms with Crippen LogP contribution >= 0.6 is 15.9 Å². The van der Waals surface area contributed by atoms with Crippen LogP contribution in [0.5, 0.6) is 0 Å². The van der Waals surface area contributed by atoms with Crippen molar-refractivity contribution in [2.45, 2.75) is 13.0 Å². The van der Waals surface area contributed by atoms with E-state index in [1.165, 1.54) is 5.56 Å². The van der Waals surface area contributed by atoms with Gasteiger partial charge in [0.1, 0.15) is 0 Å². The molecule has 0 fully saturated rings. The molecular formula is C10H16BrN3. The number of hydrogen-bond donors (Lipinski definition) is 3. The third-order valence-electron chi connectivity index (χ3n) is 1.98. The van der Waals surface area contributed by atoms with Crippen LogP contribution in [0.2, 0.25) is 0 Å². The van der Waals surface area contributed by atoms with Crippen molar-refractivity contribution in [3.05, 3.63) is 28.2 Å². The SMILES string of the molecule is Cc1ccc(NCC(N)CN)c(Br)c1. The average molecular weight is 258 g/mol. The Hall–Kier alpha value is -0.580. The summed E-state index contributed by atoms with van der Waals surface area (Å²) in [7, 11) is 0. The molecule has 0 spiro atoms. The molecule has 0 bridgehead atoms. The van der Waals surface area contributed by atoms with Crippen LogP contribution in [0.15, 0.2) is 22.7 Å². The van der Waals surface area contributed by atoms with E-state index in [0.29, 0.717) is 13.1 Å². The van der Waals surface area contributed by atoms with Gasteiger partial charge in [0.15, 0.2) is 0 Å². The number of hydrogen-bond acceptors (Lipinski definition) is 3. The number of benzene rings is 1. The average Bonchev–Trinajstić information content (AvgIpc) is 2.16. The second-order valence-corrected chi connectivity index (χ2v) is 4.21. The fourth-order valence-electron chi connectivity index (χ4n) is 1.09. The molecule has 0 saturated carbocycles. The molecule has 0 saturated heterocycles. The first-order chi connectivity index (χ1) is 6.63. The van der Waals surface area contributed by atoms with Crippen molar-refractivity contribution in [2.24, 2.45) is 11.5 Å². The molecular weight excluding hydrogens is 242 g/mol. The van der Waals surface area contributed by atoms with E-state index in [4.69, 9.17) is 11.5 Å². The largest absolute Gasteiger partial charge is 0.383 e. The minimum atomic E-state index is 0.00297. The van der Waals surface area contributed by atoms with Crippen molar-refractivity contribution in [3.63, 3.8) is 0 Å². The smallest absolute Gasteiger partial charge is 0.0485 e. The highest BCUT2D eigenvalue weighted by Gasteiger charge is 2.02. The van der Waals surface area contributed by atoms with Crippen LogP contribution in [0.4, 0.5) is 5.69 Å². The van der Waals surface area contributed by atoms with Gasteiger partial charge in [-0.1, -0.05) is 6.07 Å². The number of aryl methyl sites for hydroxylation is 1. The molecule has 0 amide bonds. The molecule has 78 valence electrons. The van der Waals surface area contributed by atoms with E-state index in [2.05, 4.69) is 40.3 Å². The van der Waals surface area contributed by atoms with Crippen LogP contribution in [0.25, 0.3) is 0 Å². The molecule has 0 aliphatic carbocycles. The highest BCUT2D eigenvalue weighted by Crippen LogP contribution is 2.22. The Balaban J connectivity index is 2.59. The summed E-state index contributed by atoms with van der Waals surface area (Å²) in [6, 6.07) is 6.16. The van der Waals surface area contributed by atoms with Crippen molar-refractivity contribution < 1.29 is 0 Å². The van der Waals surface area contributed by atoms with Gasteiger partial charge in [0.05, 0.1) is 0 Å². The number of halogens is 1. The van der Waals surface area contributed by atoms with Crippen LogP contribution in [-0.2, 0) is 0 Å². The molecule has 5 N–H and O–H groups in total. The lowest BCUT2D eigenvalue weighted by Gasteiger charge is -2.12. The van der Waals surface area contributed by atoms with E-state index < -0.39 is 0 Å². The van der Waals surface area contributed by atoms with E-state index in [9.17, 15) is 0 Å². The van der Waals surface area contributed by atoms with Crippen molar-refractivity contribution >= 4 is 21.6 Å². The summed E-state index contributed by atoms with van der Waals surface area (Å²) in [6.07, 6.45) is 0. The number of rotatable bonds is 4. The van der Waals surface area contributed by atoms with E-state index in [-0.39, 0.29) is 6.04 Å². The van der Waals surface area contributed by atoms with E-state index in [0.717, 1.165) is 10.2 Å². The van der Waals surface area contributed by atoms with Crippen molar-refractivity contribution in [1.82, 2.24) is 0 Å². The van der Waals surface area contributed by atoms with Crippen LogP contribution in [-0.4, -0.2) is 19.1 Å². The van der Waals surface area contributed by atoms with Gasteiger partial charge >= 0.3 is 0 Å². The molecule has 3 nitrogen and oxygen atoms in total. The van der Waals surface area contributed by atoms with Gasteiger partial charge in [0, 0.05) is 29.3 Å². The molecule has 1 unspecified atom stereocenters. The molecule has 1 rings (SSSR count). The van der Waals surface area contributed by atoms with Crippen molar-refractivity contribution in [1.29, 1.82) is 0 Å². The first-order valence-electron chi connectivity index (χ1n) is 4.59. The summed E-state index contributed by atoms with van der Waals surface area (Å²) in [5.74, 6) is 0. The Bertz CT molecular complexity index is 301. The van der Waals surface area contributed by atoms with Gasteiger partial charge < -0.3 is 16.8 Å². The zero-order valence-corrected chi connectivity index (χ0v) is 9.84. The van der Waals surface area contributed by atoms with Gasteiger partial charge in [0.25, 0.3) is 0 Å². The van der Waals surface area contributed by atoms with E-state index in [1.54, 1.807) is 0 Å². The summed E-state index contributed by atoms with van der Waals surface area (Å²) in [6.45, 7) is 3.24. The number of nitrogens with two attached hydrogens (primary N) is 2. The lowest BCUT2D eigenvalue weighted by atomic mass is 10.2. The second-order valence-electron chi connectivity index (χ2n) is 3.36. The van der Waals surface area contributed by atoms with Crippen molar-refractivity contribution in [2.75, 3.05) is 18.4 Å². The summed E-state index contributed by atoms with van der Waals surface area (Å²) in [4.78, 5) is 0. The summed E-state index contributed by atoms with van der Waals surface area (Å²) in [5.41, 5.74) is 13.4. The summed E-state index contributed by atoms with van der Waals surface area (Å²) < 4.78 is 1.06. The van der Waals surface area contributed by atoms with Crippen molar-refractivity contribution in [3.8, 4) is 0 Å². The van der Waals surface area contributed by atoms with Crippen LogP contribution in [0, 0.1) is 6.92 Å². The van der Waals surface area contributed by atoms with Gasteiger partial charge in [-0.15, -0.1) is 0 Å². The molecule has 0 aliphatic rings. The van der Waals surface area contributed by atoms with Gasteiger partial charge in [-0.2, -0.15) is 0 Å². The Morgan fingerprint density at radius 3 is 2.79 bits per heavy atom. The van der Waals surface area contributed by atoms with Gasteiger partial charge in [-0.25, -0.2) is 0 Å². The van der Waals surface area contributed by atoms with E-state index >= 15 is 0 Å². The third kappa shape index (κ3) is 3.29. The lowest BCUT2D eigenvalue weighted by Crippen LogP contribution is -2.36. The molecule has 0 aliphatic heterocycles. The number of nitrogens with one attached hydrogen (secondary N) is 1. The van der Waals surface area contributed by atoms with Gasteiger partial charge in [-0.05, 0) is 40.5 Å². The maximum atomic E-state index is 5.70. The van der Waals surface area contributed by atoms with Crippen LogP contribution in [0.1, 0.15) is 5.56 Å². The number of anilines is 1. The predicted octanol–water partition coefficient (Wildman–Crippen LogP) is 1.46. The minimum absolute atomic E-state index is 0.00297. The molecule has 1 aromatic rings. The standard InChI is InChI=1S/C10H16BrN3/c1-7-2-3-10(9(11)4-7)14-6-8(13)5-12/h2-4,8,14H,5-6,12-13H2,1H3. The zero-order chi connectivity index (χ0) is 10.6. The zero-order valence-electron chi connectivity index (χ0n) is 8.26. The topological polar surface area (TPSA) is 64.1 Å². The molecule has 4 heteroatoms. The summed E-state index contributed by atoms with van der Waals surface area (Å²) >= 11 is 3.48.